The average molecular weight is 171 g/mol. The third kappa shape index (κ3) is 2.76. The minimum Gasteiger partial charge on any atom is -0.192 e. The fourth-order valence-corrected chi connectivity index (χ4v) is 1.13. The van der Waals surface area contributed by atoms with Gasteiger partial charge in [-0.3, -0.25) is 0 Å². The molecule has 0 N–H and O–H groups in total. The van der Waals surface area contributed by atoms with E-state index < -0.39 is 0 Å². The molecule has 1 aromatic carbocycles. The van der Waals surface area contributed by atoms with Gasteiger partial charge < -0.3 is 0 Å². The zero-order valence-corrected chi connectivity index (χ0v) is 7.83. The standard InChI is InChI=1S/C12H13N/c1-2-3-7-12(10-13)11-8-5-4-6-9-11/h4-9H,2-3H2,1H3. The van der Waals surface area contributed by atoms with Gasteiger partial charge in [0, 0.05) is 0 Å². The lowest BCUT2D eigenvalue weighted by Gasteiger charge is -1.96. The highest BCUT2D eigenvalue weighted by molar-refractivity contribution is 5.76. The van der Waals surface area contributed by atoms with Crippen molar-refractivity contribution in [2.24, 2.45) is 0 Å². The Labute approximate surface area is 79.3 Å². The van der Waals surface area contributed by atoms with Crippen molar-refractivity contribution in [1.29, 1.82) is 5.26 Å². The van der Waals surface area contributed by atoms with Crippen molar-refractivity contribution < 1.29 is 0 Å². The van der Waals surface area contributed by atoms with E-state index in [1.54, 1.807) is 0 Å². The number of hydrogen-bond donors (Lipinski definition) is 0. The van der Waals surface area contributed by atoms with Crippen LogP contribution in [0.2, 0.25) is 0 Å². The van der Waals surface area contributed by atoms with E-state index in [-0.39, 0.29) is 0 Å². The second kappa shape index (κ2) is 5.16. The Morgan fingerprint density at radius 1 is 1.38 bits per heavy atom. The van der Waals surface area contributed by atoms with Crippen molar-refractivity contribution in [2.75, 3.05) is 0 Å². The van der Waals surface area contributed by atoms with Crippen LogP contribution in [0.4, 0.5) is 0 Å². The first-order valence-electron chi connectivity index (χ1n) is 4.54. The molecule has 0 bridgehead atoms. The summed E-state index contributed by atoms with van der Waals surface area (Å²) < 4.78 is 0. The highest BCUT2D eigenvalue weighted by atomic mass is 14.2. The maximum absolute atomic E-state index is 8.89. The van der Waals surface area contributed by atoms with E-state index in [0.717, 1.165) is 24.0 Å². The van der Waals surface area contributed by atoms with Gasteiger partial charge in [0.1, 0.15) is 0 Å². The predicted molar refractivity (Wildman–Crippen MR) is 54.9 cm³/mol. The van der Waals surface area contributed by atoms with Gasteiger partial charge in [-0.1, -0.05) is 49.8 Å². The van der Waals surface area contributed by atoms with Gasteiger partial charge in [0.2, 0.25) is 0 Å². The first-order valence-corrected chi connectivity index (χ1v) is 4.54. The predicted octanol–water partition coefficient (Wildman–Crippen LogP) is 3.39. The van der Waals surface area contributed by atoms with E-state index in [4.69, 9.17) is 5.26 Å². The van der Waals surface area contributed by atoms with Gasteiger partial charge in [-0.15, -0.1) is 0 Å². The summed E-state index contributed by atoms with van der Waals surface area (Å²) in [7, 11) is 0. The molecule has 1 aromatic rings. The van der Waals surface area contributed by atoms with Crippen molar-refractivity contribution in [3.63, 3.8) is 0 Å². The van der Waals surface area contributed by atoms with E-state index >= 15 is 0 Å². The van der Waals surface area contributed by atoms with Crippen LogP contribution in [-0.2, 0) is 0 Å². The van der Waals surface area contributed by atoms with E-state index in [0.29, 0.717) is 0 Å². The van der Waals surface area contributed by atoms with Gasteiger partial charge in [0.25, 0.3) is 0 Å². The van der Waals surface area contributed by atoms with Gasteiger partial charge in [-0.25, -0.2) is 0 Å². The SMILES string of the molecule is CCCC=C(C#N)c1ccccc1. The molecule has 0 saturated heterocycles. The summed E-state index contributed by atoms with van der Waals surface area (Å²) in [5.74, 6) is 0. The first-order chi connectivity index (χ1) is 6.38. The van der Waals surface area contributed by atoms with Crippen LogP contribution in [0.15, 0.2) is 36.4 Å². The summed E-state index contributed by atoms with van der Waals surface area (Å²) in [6, 6.07) is 12.0. The zero-order chi connectivity index (χ0) is 9.52. The lowest BCUT2D eigenvalue weighted by molar-refractivity contribution is 0.960. The summed E-state index contributed by atoms with van der Waals surface area (Å²) in [6.45, 7) is 2.11. The summed E-state index contributed by atoms with van der Waals surface area (Å²) in [5.41, 5.74) is 1.79. The molecule has 66 valence electrons. The highest BCUT2D eigenvalue weighted by Crippen LogP contribution is 2.13. The summed E-state index contributed by atoms with van der Waals surface area (Å²) in [4.78, 5) is 0. The second-order valence-electron chi connectivity index (χ2n) is 2.88. The smallest absolute Gasteiger partial charge is 0.0994 e. The van der Waals surface area contributed by atoms with Crippen LogP contribution < -0.4 is 0 Å². The number of unbranched alkanes of at least 4 members (excludes halogenated alkanes) is 1. The number of nitrogens with zero attached hydrogens (tertiary/aromatic N) is 1. The molecule has 0 atom stereocenters. The Kier molecular flexibility index (Phi) is 3.78. The Balaban J connectivity index is 2.87. The maximum atomic E-state index is 8.89. The van der Waals surface area contributed by atoms with Crippen molar-refractivity contribution in [3.05, 3.63) is 42.0 Å². The summed E-state index contributed by atoms with van der Waals surface area (Å²) in [6.07, 6.45) is 4.05. The van der Waals surface area contributed by atoms with E-state index in [9.17, 15) is 0 Å². The van der Waals surface area contributed by atoms with Gasteiger partial charge in [0.15, 0.2) is 0 Å². The average Bonchev–Trinajstić information content (AvgIpc) is 2.21. The van der Waals surface area contributed by atoms with Crippen molar-refractivity contribution in [3.8, 4) is 6.07 Å². The number of benzene rings is 1. The molecular weight excluding hydrogens is 158 g/mol. The third-order valence-corrected chi connectivity index (χ3v) is 1.84. The Morgan fingerprint density at radius 3 is 2.62 bits per heavy atom. The highest BCUT2D eigenvalue weighted by Gasteiger charge is 1.96. The van der Waals surface area contributed by atoms with E-state index in [2.05, 4.69) is 13.0 Å². The first kappa shape index (κ1) is 9.54. The van der Waals surface area contributed by atoms with Gasteiger partial charge in [-0.2, -0.15) is 5.26 Å². The molecule has 0 saturated carbocycles. The van der Waals surface area contributed by atoms with Crippen LogP contribution in [-0.4, -0.2) is 0 Å². The Hall–Kier alpha value is -1.55. The van der Waals surface area contributed by atoms with Crippen LogP contribution in [0.25, 0.3) is 5.57 Å². The quantitative estimate of drug-likeness (QED) is 0.639. The number of hydrogen-bond acceptors (Lipinski definition) is 1. The minimum absolute atomic E-state index is 0.780. The third-order valence-electron chi connectivity index (χ3n) is 1.84. The van der Waals surface area contributed by atoms with Crippen molar-refractivity contribution in [1.82, 2.24) is 0 Å². The molecule has 0 fully saturated rings. The largest absolute Gasteiger partial charge is 0.192 e. The van der Waals surface area contributed by atoms with Gasteiger partial charge >= 0.3 is 0 Å². The van der Waals surface area contributed by atoms with E-state index in [1.165, 1.54) is 0 Å². The second-order valence-corrected chi connectivity index (χ2v) is 2.88. The van der Waals surface area contributed by atoms with Crippen LogP contribution in [0.1, 0.15) is 25.3 Å². The fourth-order valence-electron chi connectivity index (χ4n) is 1.13. The molecule has 0 heterocycles. The normalized spacial score (nSPS) is 10.9. The lowest BCUT2D eigenvalue weighted by Crippen LogP contribution is -1.79. The van der Waals surface area contributed by atoms with E-state index in [1.807, 2.05) is 36.4 Å². The van der Waals surface area contributed by atoms with Gasteiger partial charge in [-0.05, 0) is 12.0 Å². The number of rotatable bonds is 3. The maximum Gasteiger partial charge on any atom is 0.0994 e. The van der Waals surface area contributed by atoms with Gasteiger partial charge in [0.05, 0.1) is 11.6 Å². The van der Waals surface area contributed by atoms with Crippen LogP contribution in [0.3, 0.4) is 0 Å². The molecule has 0 aromatic heterocycles. The topological polar surface area (TPSA) is 23.8 Å². The molecule has 0 aliphatic carbocycles. The molecule has 0 spiro atoms. The number of nitriles is 1. The molecular formula is C12H13N. The van der Waals surface area contributed by atoms with Crippen LogP contribution in [0.5, 0.6) is 0 Å². The molecule has 0 radical (unpaired) electrons. The van der Waals surface area contributed by atoms with Crippen molar-refractivity contribution in [2.45, 2.75) is 19.8 Å². The van der Waals surface area contributed by atoms with Crippen LogP contribution in [0, 0.1) is 11.3 Å². The minimum atomic E-state index is 0.780. The molecule has 0 aliphatic heterocycles. The monoisotopic (exact) mass is 171 g/mol. The molecule has 1 heteroatoms. The zero-order valence-electron chi connectivity index (χ0n) is 7.83. The fraction of sp³-hybridized carbons (Fsp3) is 0.250. The summed E-state index contributed by atoms with van der Waals surface area (Å²) in [5, 5.41) is 8.89. The molecule has 0 unspecified atom stereocenters. The molecule has 0 amide bonds. The Bertz CT molecular complexity index is 317. The molecule has 1 nitrogen and oxygen atoms in total. The Morgan fingerprint density at radius 2 is 2.08 bits per heavy atom. The molecule has 13 heavy (non-hydrogen) atoms. The van der Waals surface area contributed by atoms with Crippen LogP contribution >= 0.6 is 0 Å². The lowest BCUT2D eigenvalue weighted by atomic mass is 10.1. The molecule has 1 rings (SSSR count). The van der Waals surface area contributed by atoms with Crippen molar-refractivity contribution >= 4 is 5.57 Å². The number of allylic oxidation sites excluding steroid dienone is 2. The molecule has 0 aliphatic rings. The summed E-state index contributed by atoms with van der Waals surface area (Å²) >= 11 is 0.